The van der Waals surface area contributed by atoms with Crippen LogP contribution in [0.25, 0.3) is 99.6 Å². The van der Waals surface area contributed by atoms with Crippen LogP contribution in [-0.2, 0) is 0 Å². The maximum absolute atomic E-state index is 5.23. The molecule has 0 saturated heterocycles. The summed E-state index contributed by atoms with van der Waals surface area (Å²) in [5.74, 6) is 0.681. The van der Waals surface area contributed by atoms with Gasteiger partial charge in [-0.05, 0) is 90.5 Å². The van der Waals surface area contributed by atoms with E-state index in [9.17, 15) is 0 Å². The quantitative estimate of drug-likeness (QED) is 0.163. The van der Waals surface area contributed by atoms with E-state index >= 15 is 0 Å². The number of hydrogen-bond acceptors (Lipinski definition) is 3. The second-order valence-electron chi connectivity index (χ2n) is 13.7. The van der Waals surface area contributed by atoms with Crippen LogP contribution in [0, 0.1) is 0 Å². The van der Waals surface area contributed by atoms with E-state index in [0.717, 1.165) is 50.3 Å². The monoisotopic (exact) mass is 687 g/mol. The normalized spacial score (nSPS) is 11.3. The zero-order valence-electron chi connectivity index (χ0n) is 29.4. The third-order valence-electron chi connectivity index (χ3n) is 10.4. The lowest BCUT2D eigenvalue weighted by atomic mass is 9.92. The van der Waals surface area contributed by atoms with Gasteiger partial charge in [-0.2, -0.15) is 0 Å². The van der Waals surface area contributed by atoms with Crippen LogP contribution in [0.2, 0.25) is 0 Å². The first-order chi connectivity index (χ1) is 26.7. The van der Waals surface area contributed by atoms with Crippen LogP contribution in [0.15, 0.2) is 200 Å². The number of nitrogens with zero attached hydrogens (tertiary/aromatic N) is 3. The van der Waals surface area contributed by atoms with Gasteiger partial charge in [0.05, 0.1) is 11.4 Å². The van der Waals surface area contributed by atoms with Crippen molar-refractivity contribution in [2.24, 2.45) is 0 Å². The van der Waals surface area contributed by atoms with Crippen molar-refractivity contribution in [2.75, 3.05) is 0 Å². The van der Waals surface area contributed by atoms with E-state index < -0.39 is 0 Å². The maximum Gasteiger partial charge on any atom is 0.160 e. The number of benzene rings is 8. The predicted molar refractivity (Wildman–Crippen MR) is 225 cm³/mol. The second-order valence-corrected chi connectivity index (χ2v) is 13.7. The SMILES string of the molecule is c1ccc(-c2ccc(-c3cc(-c4cccc(-c5cccnc5)c4)nc(-c4cccc(-c5ccc6c7ccccc7c7ccccc7c6c5)c4)n3)cc2)cc1. The highest BCUT2D eigenvalue weighted by molar-refractivity contribution is 6.25. The third-order valence-corrected chi connectivity index (χ3v) is 10.4. The van der Waals surface area contributed by atoms with E-state index in [1.54, 1.807) is 6.20 Å². The highest BCUT2D eigenvalue weighted by Gasteiger charge is 2.14. The summed E-state index contributed by atoms with van der Waals surface area (Å²) in [5, 5.41) is 7.60. The Hall–Kier alpha value is -7.23. The molecule has 252 valence electrons. The molecule has 0 spiro atoms. The van der Waals surface area contributed by atoms with Gasteiger partial charge in [-0.25, -0.2) is 9.97 Å². The summed E-state index contributed by atoms with van der Waals surface area (Å²) in [5.41, 5.74) is 11.5. The van der Waals surface area contributed by atoms with Gasteiger partial charge in [0.25, 0.3) is 0 Å². The molecule has 54 heavy (non-hydrogen) atoms. The smallest absolute Gasteiger partial charge is 0.160 e. The molecule has 3 nitrogen and oxygen atoms in total. The molecule has 2 heterocycles. The van der Waals surface area contributed by atoms with Gasteiger partial charge in [0, 0.05) is 34.6 Å². The minimum Gasteiger partial charge on any atom is -0.264 e. The molecule has 2 aromatic heterocycles. The first kappa shape index (κ1) is 31.5. The van der Waals surface area contributed by atoms with Crippen molar-refractivity contribution < 1.29 is 0 Å². The van der Waals surface area contributed by atoms with Gasteiger partial charge in [0.2, 0.25) is 0 Å². The second kappa shape index (κ2) is 13.4. The first-order valence-electron chi connectivity index (χ1n) is 18.2. The number of aromatic nitrogens is 3. The van der Waals surface area contributed by atoms with Crippen molar-refractivity contribution >= 4 is 32.3 Å². The molecular formula is C51H33N3. The molecule has 0 unspecified atom stereocenters. The van der Waals surface area contributed by atoms with Gasteiger partial charge >= 0.3 is 0 Å². The Morgan fingerprint density at radius 2 is 0.722 bits per heavy atom. The van der Waals surface area contributed by atoms with Crippen LogP contribution in [0.1, 0.15) is 0 Å². The van der Waals surface area contributed by atoms with Gasteiger partial charge in [-0.3, -0.25) is 4.98 Å². The fourth-order valence-electron chi connectivity index (χ4n) is 7.65. The maximum atomic E-state index is 5.23. The Bertz CT molecular complexity index is 2940. The van der Waals surface area contributed by atoms with Crippen molar-refractivity contribution in [2.45, 2.75) is 0 Å². The van der Waals surface area contributed by atoms with Crippen molar-refractivity contribution in [1.29, 1.82) is 0 Å². The standard InChI is InChI=1S/C51H33N3/c1-2-11-34(12-3-1)35-22-24-36(25-23-35)49-32-50(40-15-8-14-38(29-40)42-17-10-28-52-33-42)54-51(53-49)41-16-9-13-37(30-41)39-26-27-47-45-20-5-4-18-43(45)44-19-6-7-21-46(44)48(47)31-39/h1-33H. The average molecular weight is 688 g/mol. The lowest BCUT2D eigenvalue weighted by Gasteiger charge is -2.13. The fraction of sp³-hybridized carbons (Fsp3) is 0. The topological polar surface area (TPSA) is 38.7 Å². The average Bonchev–Trinajstić information content (AvgIpc) is 3.27. The van der Waals surface area contributed by atoms with E-state index in [2.05, 4.69) is 181 Å². The molecular weight excluding hydrogens is 655 g/mol. The fourth-order valence-corrected chi connectivity index (χ4v) is 7.65. The molecule has 0 N–H and O–H groups in total. The van der Waals surface area contributed by atoms with E-state index in [1.165, 1.54) is 43.4 Å². The summed E-state index contributed by atoms with van der Waals surface area (Å²) in [6.07, 6.45) is 3.70. The van der Waals surface area contributed by atoms with Crippen LogP contribution in [0.4, 0.5) is 0 Å². The Labute approximate surface area is 313 Å². The summed E-state index contributed by atoms with van der Waals surface area (Å²) in [4.78, 5) is 14.8. The third kappa shape index (κ3) is 5.78. The van der Waals surface area contributed by atoms with E-state index in [4.69, 9.17) is 9.97 Å². The van der Waals surface area contributed by atoms with Gasteiger partial charge in [0.1, 0.15) is 0 Å². The molecule has 10 aromatic rings. The zero-order chi connectivity index (χ0) is 35.8. The molecule has 10 rings (SSSR count). The minimum atomic E-state index is 0.681. The number of pyridine rings is 1. The van der Waals surface area contributed by atoms with Gasteiger partial charge in [0.15, 0.2) is 5.82 Å². The summed E-state index contributed by atoms with van der Waals surface area (Å²) < 4.78 is 0. The highest BCUT2D eigenvalue weighted by Crippen LogP contribution is 2.38. The molecule has 0 amide bonds. The zero-order valence-corrected chi connectivity index (χ0v) is 29.4. The molecule has 8 aromatic carbocycles. The Morgan fingerprint density at radius 1 is 0.259 bits per heavy atom. The summed E-state index contributed by atoms with van der Waals surface area (Å²) in [6.45, 7) is 0. The molecule has 0 radical (unpaired) electrons. The van der Waals surface area contributed by atoms with Crippen LogP contribution < -0.4 is 0 Å². The van der Waals surface area contributed by atoms with E-state index in [1.807, 2.05) is 18.3 Å². The van der Waals surface area contributed by atoms with Crippen molar-refractivity contribution in [3.05, 3.63) is 200 Å². The van der Waals surface area contributed by atoms with Crippen LogP contribution in [0.3, 0.4) is 0 Å². The van der Waals surface area contributed by atoms with Crippen LogP contribution >= 0.6 is 0 Å². The highest BCUT2D eigenvalue weighted by atomic mass is 14.9. The molecule has 0 fully saturated rings. The molecule has 3 heteroatoms. The number of hydrogen-bond donors (Lipinski definition) is 0. The lowest BCUT2D eigenvalue weighted by molar-refractivity contribution is 1.18. The van der Waals surface area contributed by atoms with E-state index in [0.29, 0.717) is 5.82 Å². The minimum absolute atomic E-state index is 0.681. The lowest BCUT2D eigenvalue weighted by Crippen LogP contribution is -1.96. The van der Waals surface area contributed by atoms with Crippen molar-refractivity contribution in [1.82, 2.24) is 15.0 Å². The van der Waals surface area contributed by atoms with Crippen molar-refractivity contribution in [3.63, 3.8) is 0 Å². The summed E-state index contributed by atoms with van der Waals surface area (Å²) in [7, 11) is 0. The number of fused-ring (bicyclic) bond motifs is 6. The Morgan fingerprint density at radius 3 is 1.41 bits per heavy atom. The van der Waals surface area contributed by atoms with Crippen molar-refractivity contribution in [3.8, 4) is 67.3 Å². The predicted octanol–water partition coefficient (Wildman–Crippen LogP) is 13.3. The molecule has 0 aliphatic carbocycles. The van der Waals surface area contributed by atoms with Gasteiger partial charge < -0.3 is 0 Å². The summed E-state index contributed by atoms with van der Waals surface area (Å²) in [6, 6.07) is 66.7. The summed E-state index contributed by atoms with van der Waals surface area (Å²) >= 11 is 0. The van der Waals surface area contributed by atoms with Crippen LogP contribution in [-0.4, -0.2) is 15.0 Å². The molecule has 0 aliphatic heterocycles. The van der Waals surface area contributed by atoms with Crippen LogP contribution in [0.5, 0.6) is 0 Å². The van der Waals surface area contributed by atoms with Gasteiger partial charge in [-0.15, -0.1) is 0 Å². The van der Waals surface area contributed by atoms with E-state index in [-0.39, 0.29) is 0 Å². The molecule has 0 atom stereocenters. The molecule has 0 aliphatic rings. The van der Waals surface area contributed by atoms with Gasteiger partial charge in [-0.1, -0.05) is 158 Å². The molecule has 0 bridgehead atoms. The Kier molecular flexibility index (Phi) is 7.81. The largest absolute Gasteiger partial charge is 0.264 e. The first-order valence-corrected chi connectivity index (χ1v) is 18.2. The number of rotatable bonds is 6. The molecule has 0 saturated carbocycles. The Balaban J connectivity index is 1.10.